The summed E-state index contributed by atoms with van der Waals surface area (Å²) >= 11 is 0. The largest absolute Gasteiger partial charge is 0.508 e. The molecule has 1 rings (SSSR count). The number of carboxylic acid groups (broad SMARTS) is 1. The third-order valence-corrected chi connectivity index (χ3v) is 2.08. The number of hydrogen-bond acceptors (Lipinski definition) is 4. The van der Waals surface area contributed by atoms with Gasteiger partial charge in [-0.1, -0.05) is 12.1 Å². The van der Waals surface area contributed by atoms with Crippen LogP contribution in [0.25, 0.3) is 0 Å². The fourth-order valence-electron chi connectivity index (χ4n) is 1.15. The molecule has 0 bridgehead atoms. The summed E-state index contributed by atoms with van der Waals surface area (Å²) in [4.78, 5) is 10.5. The van der Waals surface area contributed by atoms with Crippen LogP contribution in [0.15, 0.2) is 24.3 Å². The van der Waals surface area contributed by atoms with Gasteiger partial charge >= 0.3 is 5.97 Å². The molecule has 0 aliphatic heterocycles. The second-order valence-corrected chi connectivity index (χ2v) is 3.40. The van der Waals surface area contributed by atoms with E-state index >= 15 is 0 Å². The van der Waals surface area contributed by atoms with Gasteiger partial charge in [-0.05, 0) is 24.1 Å². The van der Waals surface area contributed by atoms with Gasteiger partial charge in [0.1, 0.15) is 5.75 Å². The Labute approximate surface area is 86.8 Å². The minimum absolute atomic E-state index is 0.100. The van der Waals surface area contributed by atoms with E-state index in [-0.39, 0.29) is 18.6 Å². The van der Waals surface area contributed by atoms with Gasteiger partial charge < -0.3 is 15.3 Å². The Kier molecular flexibility index (Phi) is 3.28. The second kappa shape index (κ2) is 4.29. The number of benzene rings is 1. The summed E-state index contributed by atoms with van der Waals surface area (Å²) in [5.74, 6) is -1.36. The van der Waals surface area contributed by atoms with Gasteiger partial charge in [-0.25, -0.2) is 4.79 Å². The predicted molar refractivity (Wildman–Crippen MR) is 53.2 cm³/mol. The van der Waals surface area contributed by atoms with Crippen molar-refractivity contribution in [3.63, 3.8) is 0 Å². The first-order valence-electron chi connectivity index (χ1n) is 4.44. The molecule has 1 aromatic rings. The maximum Gasteiger partial charge on any atom is 0.351 e. The first-order valence-corrected chi connectivity index (χ1v) is 4.44. The molecule has 0 fully saturated rings. The minimum atomic E-state index is -2.22. The van der Waals surface area contributed by atoms with Crippen LogP contribution < -0.4 is 5.73 Å². The molecular weight excluding hydrogens is 198 g/mol. The van der Waals surface area contributed by atoms with Crippen molar-refractivity contribution in [2.75, 3.05) is 0 Å². The lowest BCUT2D eigenvalue weighted by Crippen LogP contribution is -2.48. The van der Waals surface area contributed by atoms with E-state index in [1.165, 1.54) is 12.1 Å². The van der Waals surface area contributed by atoms with E-state index in [1.54, 1.807) is 12.1 Å². The van der Waals surface area contributed by atoms with Gasteiger partial charge in [0.15, 0.2) is 0 Å². The van der Waals surface area contributed by atoms with Gasteiger partial charge in [0.25, 0.3) is 0 Å². The van der Waals surface area contributed by atoms with Gasteiger partial charge in [-0.15, -0.1) is 0 Å². The molecule has 5 nitrogen and oxygen atoms in total. The highest BCUT2D eigenvalue weighted by Gasteiger charge is 2.29. The molecule has 0 aromatic heterocycles. The van der Waals surface area contributed by atoms with Crippen molar-refractivity contribution in [3.8, 4) is 5.75 Å². The average Bonchev–Trinajstić information content (AvgIpc) is 2.15. The molecule has 0 amide bonds. The lowest BCUT2D eigenvalue weighted by Gasteiger charge is -2.17. The summed E-state index contributed by atoms with van der Waals surface area (Å²) in [7, 11) is 0. The van der Waals surface area contributed by atoms with Crippen molar-refractivity contribution in [2.24, 2.45) is 5.73 Å². The lowest BCUT2D eigenvalue weighted by molar-refractivity contribution is -0.158. The highest BCUT2D eigenvalue weighted by molar-refractivity contribution is 5.76. The van der Waals surface area contributed by atoms with E-state index in [4.69, 9.17) is 15.9 Å². The first kappa shape index (κ1) is 11.5. The van der Waals surface area contributed by atoms with Crippen LogP contribution in [0.1, 0.15) is 12.0 Å². The zero-order valence-corrected chi connectivity index (χ0v) is 8.05. The van der Waals surface area contributed by atoms with Crippen molar-refractivity contribution in [1.82, 2.24) is 0 Å². The SMILES string of the molecule is NC(O)(CCc1cccc(O)c1)C(=O)O. The van der Waals surface area contributed by atoms with Gasteiger partial charge in [0, 0.05) is 6.42 Å². The molecule has 0 spiro atoms. The van der Waals surface area contributed by atoms with E-state index in [0.29, 0.717) is 0 Å². The lowest BCUT2D eigenvalue weighted by atomic mass is 10.0. The highest BCUT2D eigenvalue weighted by atomic mass is 16.4. The number of aromatic hydroxyl groups is 1. The number of hydrogen-bond donors (Lipinski definition) is 4. The molecule has 5 N–H and O–H groups in total. The van der Waals surface area contributed by atoms with Crippen molar-refractivity contribution in [1.29, 1.82) is 0 Å². The smallest absolute Gasteiger partial charge is 0.351 e. The Morgan fingerprint density at radius 3 is 2.67 bits per heavy atom. The van der Waals surface area contributed by atoms with Crippen molar-refractivity contribution >= 4 is 5.97 Å². The first-order chi connectivity index (χ1) is 6.92. The van der Waals surface area contributed by atoms with Crippen molar-refractivity contribution < 1.29 is 20.1 Å². The van der Waals surface area contributed by atoms with E-state index in [2.05, 4.69) is 0 Å². The van der Waals surface area contributed by atoms with Crippen LogP contribution in [0.4, 0.5) is 0 Å². The number of nitrogens with two attached hydrogens (primary N) is 1. The number of phenolic OH excluding ortho intramolecular Hbond substituents is 1. The second-order valence-electron chi connectivity index (χ2n) is 3.40. The van der Waals surface area contributed by atoms with E-state index in [9.17, 15) is 9.90 Å². The zero-order valence-electron chi connectivity index (χ0n) is 8.05. The molecule has 0 saturated carbocycles. The number of carbonyl (C=O) groups is 1. The van der Waals surface area contributed by atoms with Gasteiger partial charge in [-0.2, -0.15) is 0 Å². The summed E-state index contributed by atoms with van der Waals surface area (Å²) < 4.78 is 0. The average molecular weight is 211 g/mol. The Hall–Kier alpha value is -1.59. The summed E-state index contributed by atoms with van der Waals surface area (Å²) in [5, 5.41) is 26.9. The summed E-state index contributed by atoms with van der Waals surface area (Å²) in [6, 6.07) is 6.37. The van der Waals surface area contributed by atoms with Crippen LogP contribution in [-0.4, -0.2) is 27.0 Å². The topological polar surface area (TPSA) is 104 Å². The van der Waals surface area contributed by atoms with Crippen molar-refractivity contribution in [3.05, 3.63) is 29.8 Å². The van der Waals surface area contributed by atoms with E-state index in [1.807, 2.05) is 0 Å². The molecular formula is C10H13NO4. The van der Waals surface area contributed by atoms with Crippen LogP contribution in [-0.2, 0) is 11.2 Å². The Morgan fingerprint density at radius 2 is 2.13 bits per heavy atom. The Balaban J connectivity index is 2.61. The highest BCUT2D eigenvalue weighted by Crippen LogP contribution is 2.15. The molecule has 5 heteroatoms. The quantitative estimate of drug-likeness (QED) is 0.527. The monoisotopic (exact) mass is 211 g/mol. The molecule has 0 radical (unpaired) electrons. The maximum absolute atomic E-state index is 10.5. The molecule has 0 aliphatic carbocycles. The van der Waals surface area contributed by atoms with Crippen LogP contribution in [0.5, 0.6) is 5.75 Å². The summed E-state index contributed by atoms with van der Waals surface area (Å²) in [6.07, 6.45) is 0.180. The molecule has 82 valence electrons. The summed E-state index contributed by atoms with van der Waals surface area (Å²) in [6.45, 7) is 0. The van der Waals surface area contributed by atoms with Crippen LogP contribution in [0.2, 0.25) is 0 Å². The fourth-order valence-corrected chi connectivity index (χ4v) is 1.15. The standard InChI is InChI=1S/C10H13NO4/c11-10(15,9(13)14)5-4-7-2-1-3-8(12)6-7/h1-3,6,12,15H,4-5,11H2,(H,13,14). The molecule has 0 aliphatic rings. The number of rotatable bonds is 4. The Bertz CT molecular complexity index is 362. The molecule has 0 heterocycles. The van der Waals surface area contributed by atoms with Crippen LogP contribution in [0, 0.1) is 0 Å². The molecule has 15 heavy (non-hydrogen) atoms. The number of aliphatic hydroxyl groups is 1. The molecule has 1 aromatic carbocycles. The third-order valence-electron chi connectivity index (χ3n) is 2.08. The van der Waals surface area contributed by atoms with Crippen molar-refractivity contribution in [2.45, 2.75) is 18.6 Å². The number of carboxylic acids is 1. The van der Waals surface area contributed by atoms with E-state index in [0.717, 1.165) is 5.56 Å². The summed E-state index contributed by atoms with van der Waals surface area (Å²) in [5.41, 5.74) is 3.64. The molecule has 1 atom stereocenters. The number of aryl methyl sites for hydroxylation is 1. The zero-order chi connectivity index (χ0) is 11.5. The number of aliphatic carboxylic acids is 1. The maximum atomic E-state index is 10.5. The molecule has 0 saturated heterocycles. The predicted octanol–water partition coefficient (Wildman–Crippen LogP) is 0.0567. The normalized spacial score (nSPS) is 14.5. The fraction of sp³-hybridized carbons (Fsp3) is 0.300. The van der Waals surface area contributed by atoms with Gasteiger partial charge in [0.05, 0.1) is 0 Å². The van der Waals surface area contributed by atoms with Crippen LogP contribution >= 0.6 is 0 Å². The van der Waals surface area contributed by atoms with Gasteiger partial charge in [0.2, 0.25) is 5.72 Å². The molecule has 1 unspecified atom stereocenters. The Morgan fingerprint density at radius 1 is 1.47 bits per heavy atom. The van der Waals surface area contributed by atoms with Gasteiger partial charge in [-0.3, -0.25) is 5.73 Å². The third kappa shape index (κ3) is 3.23. The van der Waals surface area contributed by atoms with E-state index < -0.39 is 11.7 Å². The number of phenols is 1. The van der Waals surface area contributed by atoms with Crippen LogP contribution in [0.3, 0.4) is 0 Å². The minimum Gasteiger partial charge on any atom is -0.508 e.